The average molecular weight is 255 g/mol. The zero-order valence-corrected chi connectivity index (χ0v) is 12.0. The van der Waals surface area contributed by atoms with Gasteiger partial charge in [0.05, 0.1) is 0 Å². The molecule has 0 saturated heterocycles. The molecule has 2 aromatic rings. The summed E-state index contributed by atoms with van der Waals surface area (Å²) in [7, 11) is 4.00. The highest BCUT2D eigenvalue weighted by Crippen LogP contribution is 2.25. The van der Waals surface area contributed by atoms with Crippen LogP contribution in [0.2, 0.25) is 0 Å². The Morgan fingerprint density at radius 2 is 1.89 bits per heavy atom. The minimum atomic E-state index is 0.324. The highest BCUT2D eigenvalue weighted by Gasteiger charge is 2.08. The summed E-state index contributed by atoms with van der Waals surface area (Å²) >= 11 is 0. The molecule has 0 radical (unpaired) electrons. The molecule has 0 fully saturated rings. The van der Waals surface area contributed by atoms with Crippen LogP contribution in [0.25, 0.3) is 0 Å². The zero-order chi connectivity index (χ0) is 13.8. The SMILES string of the molecule is CNC(C)c1ccc(N(C)c2ccccc2C)nc1. The smallest absolute Gasteiger partial charge is 0.132 e. The van der Waals surface area contributed by atoms with E-state index in [1.54, 1.807) is 0 Å². The number of aromatic nitrogens is 1. The van der Waals surface area contributed by atoms with Crippen molar-refractivity contribution in [3.8, 4) is 0 Å². The number of nitrogens with one attached hydrogen (secondary N) is 1. The maximum atomic E-state index is 4.55. The molecule has 0 aliphatic carbocycles. The molecule has 1 aromatic carbocycles. The minimum Gasteiger partial charge on any atom is -0.329 e. The lowest BCUT2D eigenvalue weighted by atomic mass is 10.1. The number of rotatable bonds is 4. The van der Waals surface area contributed by atoms with Crippen molar-refractivity contribution in [2.24, 2.45) is 0 Å². The van der Waals surface area contributed by atoms with Gasteiger partial charge in [0.15, 0.2) is 0 Å². The molecule has 0 saturated carbocycles. The van der Waals surface area contributed by atoms with Crippen molar-refractivity contribution in [1.29, 1.82) is 0 Å². The fraction of sp³-hybridized carbons (Fsp3) is 0.312. The van der Waals surface area contributed by atoms with E-state index in [-0.39, 0.29) is 0 Å². The van der Waals surface area contributed by atoms with Crippen molar-refractivity contribution in [2.45, 2.75) is 19.9 Å². The van der Waals surface area contributed by atoms with E-state index in [1.807, 2.05) is 20.3 Å². The van der Waals surface area contributed by atoms with Crippen LogP contribution in [0.1, 0.15) is 24.1 Å². The summed E-state index contributed by atoms with van der Waals surface area (Å²) in [6, 6.07) is 12.8. The number of para-hydroxylation sites is 1. The number of anilines is 2. The second-order valence-electron chi connectivity index (χ2n) is 4.81. The average Bonchev–Trinajstić information content (AvgIpc) is 2.46. The van der Waals surface area contributed by atoms with Gasteiger partial charge in [0.1, 0.15) is 5.82 Å². The summed E-state index contributed by atoms with van der Waals surface area (Å²) in [6.45, 7) is 4.24. The van der Waals surface area contributed by atoms with Crippen LogP contribution in [0.4, 0.5) is 11.5 Å². The Morgan fingerprint density at radius 1 is 1.16 bits per heavy atom. The molecular formula is C16H21N3. The maximum absolute atomic E-state index is 4.55. The van der Waals surface area contributed by atoms with E-state index in [9.17, 15) is 0 Å². The van der Waals surface area contributed by atoms with Gasteiger partial charge in [-0.1, -0.05) is 24.3 Å². The summed E-state index contributed by atoms with van der Waals surface area (Å²) < 4.78 is 0. The van der Waals surface area contributed by atoms with Crippen LogP contribution < -0.4 is 10.2 Å². The second-order valence-corrected chi connectivity index (χ2v) is 4.81. The predicted molar refractivity (Wildman–Crippen MR) is 81.0 cm³/mol. The van der Waals surface area contributed by atoms with E-state index >= 15 is 0 Å². The number of benzene rings is 1. The van der Waals surface area contributed by atoms with Crippen molar-refractivity contribution in [3.05, 3.63) is 53.7 Å². The quantitative estimate of drug-likeness (QED) is 0.907. The molecule has 0 amide bonds. The predicted octanol–water partition coefficient (Wildman–Crippen LogP) is 3.44. The first-order valence-electron chi connectivity index (χ1n) is 6.56. The van der Waals surface area contributed by atoms with Gasteiger partial charge in [-0.25, -0.2) is 4.98 Å². The van der Waals surface area contributed by atoms with E-state index in [0.29, 0.717) is 6.04 Å². The van der Waals surface area contributed by atoms with Crippen LogP contribution >= 0.6 is 0 Å². The van der Waals surface area contributed by atoms with Gasteiger partial charge in [-0.3, -0.25) is 0 Å². The van der Waals surface area contributed by atoms with Crippen LogP contribution in [0.3, 0.4) is 0 Å². The molecule has 0 bridgehead atoms. The monoisotopic (exact) mass is 255 g/mol. The summed E-state index contributed by atoms with van der Waals surface area (Å²) in [5.41, 5.74) is 3.63. The summed E-state index contributed by atoms with van der Waals surface area (Å²) in [4.78, 5) is 6.67. The number of aryl methyl sites for hydroxylation is 1. The number of hydrogen-bond acceptors (Lipinski definition) is 3. The molecule has 0 aliphatic rings. The van der Waals surface area contributed by atoms with Gasteiger partial charge in [0.25, 0.3) is 0 Å². The van der Waals surface area contributed by atoms with E-state index in [1.165, 1.54) is 16.8 Å². The van der Waals surface area contributed by atoms with Crippen molar-refractivity contribution in [3.63, 3.8) is 0 Å². The summed E-state index contributed by atoms with van der Waals surface area (Å²) in [6.07, 6.45) is 1.94. The van der Waals surface area contributed by atoms with Crippen LogP contribution in [0.5, 0.6) is 0 Å². The molecule has 3 nitrogen and oxygen atoms in total. The molecular weight excluding hydrogens is 234 g/mol. The van der Waals surface area contributed by atoms with Crippen LogP contribution in [-0.4, -0.2) is 19.1 Å². The van der Waals surface area contributed by atoms with Gasteiger partial charge in [-0.15, -0.1) is 0 Å². The Bertz CT molecular complexity index is 534. The third-order valence-electron chi connectivity index (χ3n) is 3.52. The fourth-order valence-corrected chi connectivity index (χ4v) is 2.08. The van der Waals surface area contributed by atoms with Crippen molar-refractivity contribution < 1.29 is 0 Å². The van der Waals surface area contributed by atoms with Gasteiger partial charge in [0, 0.05) is 25.0 Å². The van der Waals surface area contributed by atoms with Gasteiger partial charge in [-0.05, 0) is 44.2 Å². The standard InChI is InChI=1S/C16H21N3/c1-12-7-5-6-8-15(12)19(4)16-10-9-14(11-18-16)13(2)17-3/h5-11,13,17H,1-4H3. The Kier molecular flexibility index (Phi) is 4.17. The zero-order valence-electron chi connectivity index (χ0n) is 12.0. The number of hydrogen-bond donors (Lipinski definition) is 1. The Labute approximate surface area is 115 Å². The topological polar surface area (TPSA) is 28.2 Å². The molecule has 2 rings (SSSR count). The maximum Gasteiger partial charge on any atom is 0.132 e. The lowest BCUT2D eigenvalue weighted by Gasteiger charge is -2.21. The molecule has 1 N–H and O–H groups in total. The fourth-order valence-electron chi connectivity index (χ4n) is 2.08. The molecule has 1 heterocycles. The van der Waals surface area contributed by atoms with Crippen molar-refractivity contribution in [2.75, 3.05) is 19.0 Å². The third-order valence-corrected chi connectivity index (χ3v) is 3.52. The van der Waals surface area contributed by atoms with Crippen LogP contribution in [0, 0.1) is 6.92 Å². The first-order valence-corrected chi connectivity index (χ1v) is 6.56. The Morgan fingerprint density at radius 3 is 2.47 bits per heavy atom. The molecule has 100 valence electrons. The minimum absolute atomic E-state index is 0.324. The highest BCUT2D eigenvalue weighted by atomic mass is 15.2. The Balaban J connectivity index is 2.25. The largest absolute Gasteiger partial charge is 0.329 e. The lowest BCUT2D eigenvalue weighted by molar-refractivity contribution is 0.649. The summed E-state index contributed by atoms with van der Waals surface area (Å²) in [5, 5.41) is 3.22. The van der Waals surface area contributed by atoms with E-state index in [0.717, 1.165) is 5.82 Å². The van der Waals surface area contributed by atoms with Gasteiger partial charge >= 0.3 is 0 Å². The first kappa shape index (κ1) is 13.6. The van der Waals surface area contributed by atoms with Gasteiger partial charge < -0.3 is 10.2 Å². The van der Waals surface area contributed by atoms with Gasteiger partial charge in [-0.2, -0.15) is 0 Å². The second kappa shape index (κ2) is 5.85. The third kappa shape index (κ3) is 2.93. The molecule has 19 heavy (non-hydrogen) atoms. The first-order chi connectivity index (χ1) is 9.13. The molecule has 0 aliphatic heterocycles. The molecule has 1 aromatic heterocycles. The van der Waals surface area contributed by atoms with E-state index < -0.39 is 0 Å². The van der Waals surface area contributed by atoms with Crippen LogP contribution in [-0.2, 0) is 0 Å². The highest BCUT2D eigenvalue weighted by molar-refractivity contribution is 5.62. The molecule has 1 atom stereocenters. The van der Waals surface area contributed by atoms with Gasteiger partial charge in [0.2, 0.25) is 0 Å². The summed E-state index contributed by atoms with van der Waals surface area (Å²) in [5.74, 6) is 0.960. The number of pyridine rings is 1. The lowest BCUT2D eigenvalue weighted by Crippen LogP contribution is -2.15. The van der Waals surface area contributed by atoms with Crippen LogP contribution in [0.15, 0.2) is 42.6 Å². The molecule has 1 unspecified atom stereocenters. The van der Waals surface area contributed by atoms with Crippen molar-refractivity contribution >= 4 is 11.5 Å². The van der Waals surface area contributed by atoms with E-state index in [4.69, 9.17) is 0 Å². The molecule has 3 heteroatoms. The van der Waals surface area contributed by atoms with E-state index in [2.05, 4.69) is 65.4 Å². The van der Waals surface area contributed by atoms with Crippen molar-refractivity contribution in [1.82, 2.24) is 10.3 Å². The Hall–Kier alpha value is -1.87. The molecule has 0 spiro atoms. The normalized spacial score (nSPS) is 12.2. The number of nitrogens with zero attached hydrogens (tertiary/aromatic N) is 2.